The zero-order valence-corrected chi connectivity index (χ0v) is 22.6. The fraction of sp³-hybridized carbons (Fsp3) is 0. The van der Waals surface area contributed by atoms with Crippen LogP contribution in [-0.2, 0) is 0 Å². The van der Waals surface area contributed by atoms with Crippen LogP contribution >= 0.6 is 11.3 Å². The highest BCUT2D eigenvalue weighted by atomic mass is 32.1. The van der Waals surface area contributed by atoms with Crippen LogP contribution in [0.15, 0.2) is 128 Å². The van der Waals surface area contributed by atoms with Gasteiger partial charge >= 0.3 is 0 Å². The Kier molecular flexibility index (Phi) is 5.57. The molecule has 41 heavy (non-hydrogen) atoms. The molecule has 4 aromatic heterocycles. The first-order chi connectivity index (χ1) is 20.3. The number of fused-ring (bicyclic) bond motifs is 4. The molecular weight excluding hydrogens is 522 g/mol. The first kappa shape index (κ1) is 23.5. The molecule has 8 aromatic rings. The van der Waals surface area contributed by atoms with E-state index >= 15 is 0 Å². The van der Waals surface area contributed by atoms with E-state index in [1.165, 1.54) is 10.8 Å². The van der Waals surface area contributed by atoms with Crippen molar-refractivity contribution in [3.63, 3.8) is 0 Å². The van der Waals surface area contributed by atoms with E-state index in [2.05, 4.69) is 47.4 Å². The summed E-state index contributed by atoms with van der Waals surface area (Å²) < 4.78 is 2.29. The third-order valence-electron chi connectivity index (χ3n) is 7.21. The molecule has 0 fully saturated rings. The number of benzene rings is 4. The van der Waals surface area contributed by atoms with Crippen LogP contribution in [0.4, 0.5) is 0 Å². The third-order valence-corrected chi connectivity index (χ3v) is 8.31. The maximum Gasteiger partial charge on any atom is 0.164 e. The maximum absolute atomic E-state index is 4.90. The smallest absolute Gasteiger partial charge is 0.164 e. The van der Waals surface area contributed by atoms with Gasteiger partial charge in [0.15, 0.2) is 17.5 Å². The normalized spacial score (nSPS) is 11.4. The van der Waals surface area contributed by atoms with Crippen LogP contribution in [0.25, 0.3) is 76.5 Å². The number of thiophene rings is 1. The fourth-order valence-corrected chi connectivity index (χ4v) is 6.22. The number of hydrogen-bond acceptors (Lipinski definition) is 6. The summed E-state index contributed by atoms with van der Waals surface area (Å²) in [6.07, 6.45) is 3.87. The number of hydrogen-bond donors (Lipinski definition) is 0. The zero-order chi connectivity index (χ0) is 27.2. The van der Waals surface area contributed by atoms with Crippen LogP contribution < -0.4 is 0 Å². The molecule has 0 amide bonds. The maximum atomic E-state index is 4.90. The van der Waals surface area contributed by atoms with Gasteiger partial charge in [-0.25, -0.2) is 15.0 Å². The molecule has 0 spiro atoms. The molecule has 0 bridgehead atoms. The van der Waals surface area contributed by atoms with Crippen molar-refractivity contribution in [2.45, 2.75) is 0 Å². The van der Waals surface area contributed by atoms with Crippen molar-refractivity contribution in [1.29, 1.82) is 0 Å². The number of rotatable bonds is 4. The van der Waals surface area contributed by atoms with Gasteiger partial charge in [0.1, 0.15) is 0 Å². The highest BCUT2D eigenvalue weighted by Crippen LogP contribution is 2.37. The molecule has 4 heterocycles. The van der Waals surface area contributed by atoms with Gasteiger partial charge in [-0.1, -0.05) is 97.1 Å². The molecule has 4 aromatic carbocycles. The Morgan fingerprint density at radius 2 is 1.00 bits per heavy atom. The van der Waals surface area contributed by atoms with Gasteiger partial charge < -0.3 is 0 Å². The second-order valence-corrected chi connectivity index (χ2v) is 10.9. The quantitative estimate of drug-likeness (QED) is 0.222. The molecule has 6 heteroatoms. The van der Waals surface area contributed by atoms with E-state index in [-0.39, 0.29) is 0 Å². The molecule has 0 saturated heterocycles. The molecule has 0 aliphatic carbocycles. The lowest BCUT2D eigenvalue weighted by molar-refractivity contribution is 1.07. The number of aromatic nitrogens is 5. The van der Waals surface area contributed by atoms with Gasteiger partial charge in [0, 0.05) is 49.9 Å². The fourth-order valence-electron chi connectivity index (χ4n) is 5.12. The van der Waals surface area contributed by atoms with Crippen molar-refractivity contribution < 1.29 is 0 Å². The van der Waals surface area contributed by atoms with Crippen LogP contribution in [0.5, 0.6) is 0 Å². The van der Waals surface area contributed by atoms with Crippen LogP contribution in [-0.4, -0.2) is 24.9 Å². The first-order valence-corrected chi connectivity index (χ1v) is 14.1. The molecule has 192 valence electrons. The molecule has 0 unspecified atom stereocenters. The first-order valence-electron chi connectivity index (χ1n) is 13.3. The van der Waals surface area contributed by atoms with Crippen LogP contribution in [0, 0.1) is 0 Å². The van der Waals surface area contributed by atoms with Gasteiger partial charge in [0.05, 0.1) is 16.1 Å². The third kappa shape index (κ3) is 4.31. The Balaban J connectivity index is 1.24. The summed E-state index contributed by atoms with van der Waals surface area (Å²) in [5, 5.41) is 4.62. The highest BCUT2D eigenvalue weighted by molar-refractivity contribution is 7.25. The lowest BCUT2D eigenvalue weighted by Crippen LogP contribution is -1.99. The van der Waals surface area contributed by atoms with Crippen LogP contribution in [0.1, 0.15) is 0 Å². The summed E-state index contributed by atoms with van der Waals surface area (Å²) in [6.45, 7) is 0. The molecule has 0 aliphatic heterocycles. The second kappa shape index (κ2) is 9.70. The Labute approximate surface area is 239 Å². The molecule has 0 radical (unpaired) electrons. The Hall–Kier alpha value is -5.33. The van der Waals surface area contributed by atoms with Gasteiger partial charge in [-0.3, -0.25) is 9.97 Å². The van der Waals surface area contributed by atoms with E-state index in [0.717, 1.165) is 48.3 Å². The monoisotopic (exact) mass is 543 g/mol. The van der Waals surface area contributed by atoms with Crippen molar-refractivity contribution in [1.82, 2.24) is 24.9 Å². The molecule has 0 saturated carbocycles. The Morgan fingerprint density at radius 1 is 0.415 bits per heavy atom. The van der Waals surface area contributed by atoms with Crippen molar-refractivity contribution in [3.8, 4) is 45.6 Å². The van der Waals surface area contributed by atoms with E-state index in [1.807, 2.05) is 85.2 Å². The van der Waals surface area contributed by atoms with Crippen molar-refractivity contribution in [3.05, 3.63) is 128 Å². The summed E-state index contributed by atoms with van der Waals surface area (Å²) in [5.74, 6) is 1.96. The summed E-state index contributed by atoms with van der Waals surface area (Å²) in [6, 6.07) is 39.0. The van der Waals surface area contributed by atoms with Crippen LogP contribution in [0.2, 0.25) is 0 Å². The summed E-state index contributed by atoms with van der Waals surface area (Å²) in [7, 11) is 0. The Bertz CT molecular complexity index is 2150. The van der Waals surface area contributed by atoms with Crippen LogP contribution in [0.3, 0.4) is 0 Å². The lowest BCUT2D eigenvalue weighted by atomic mass is 10.1. The minimum atomic E-state index is 0.649. The van der Waals surface area contributed by atoms with Gasteiger partial charge in [-0.15, -0.1) is 11.3 Å². The molecule has 0 atom stereocenters. The van der Waals surface area contributed by atoms with E-state index in [4.69, 9.17) is 19.9 Å². The van der Waals surface area contributed by atoms with Crippen molar-refractivity contribution in [2.24, 2.45) is 0 Å². The largest absolute Gasteiger partial charge is 0.254 e. The van der Waals surface area contributed by atoms with Gasteiger partial charge in [0.25, 0.3) is 0 Å². The predicted octanol–water partition coefficient (Wildman–Crippen LogP) is 8.85. The number of nitrogens with zero attached hydrogens (tertiary/aromatic N) is 5. The molecule has 0 N–H and O–H groups in total. The molecular formula is C35H21N5S. The summed E-state index contributed by atoms with van der Waals surface area (Å²) in [4.78, 5) is 24.1. The minimum Gasteiger partial charge on any atom is -0.254 e. The van der Waals surface area contributed by atoms with Crippen molar-refractivity contribution >= 4 is 42.3 Å². The number of pyridine rings is 2. The molecule has 0 aliphatic rings. The predicted molar refractivity (Wildman–Crippen MR) is 168 cm³/mol. The van der Waals surface area contributed by atoms with Gasteiger partial charge in [-0.2, -0.15) is 0 Å². The van der Waals surface area contributed by atoms with E-state index in [1.54, 1.807) is 11.3 Å². The van der Waals surface area contributed by atoms with Crippen molar-refractivity contribution in [2.75, 3.05) is 0 Å². The van der Waals surface area contributed by atoms with E-state index < -0.39 is 0 Å². The second-order valence-electron chi connectivity index (χ2n) is 9.83. The zero-order valence-electron chi connectivity index (χ0n) is 21.8. The van der Waals surface area contributed by atoms with Gasteiger partial charge in [-0.05, 0) is 23.6 Å². The molecule has 5 nitrogen and oxygen atoms in total. The average Bonchev–Trinajstić information content (AvgIpc) is 3.42. The lowest BCUT2D eigenvalue weighted by Gasteiger charge is -2.08. The topological polar surface area (TPSA) is 64.5 Å². The highest BCUT2D eigenvalue weighted by Gasteiger charge is 2.15. The Morgan fingerprint density at radius 3 is 1.71 bits per heavy atom. The van der Waals surface area contributed by atoms with Gasteiger partial charge in [0.2, 0.25) is 0 Å². The SMILES string of the molecule is c1ccc(-c2nc(-c3ccccc3)nc(-c3ccc4c(c3)sc3cnc(-c5cc6ccccc6cn5)cc34)n2)cc1. The minimum absolute atomic E-state index is 0.649. The van der Waals surface area contributed by atoms with E-state index in [9.17, 15) is 0 Å². The van der Waals surface area contributed by atoms with E-state index in [0.29, 0.717) is 17.5 Å². The molecule has 8 rings (SSSR count). The summed E-state index contributed by atoms with van der Waals surface area (Å²) >= 11 is 1.72. The summed E-state index contributed by atoms with van der Waals surface area (Å²) in [5.41, 5.74) is 4.60. The standard InChI is InChI=1S/C35H21N5S/c1-3-9-22(10-4-1)33-38-34(23-11-5-2-6-12-23)40-35(39-33)25-15-16-27-28-19-30(37-21-32(28)41-31(27)18-25)29-17-24-13-7-8-14-26(24)20-36-29/h1-21H. The average molecular weight is 544 g/mol.